The lowest BCUT2D eigenvalue weighted by Gasteiger charge is -2.23. The van der Waals surface area contributed by atoms with E-state index in [0.717, 1.165) is 28.1 Å². The summed E-state index contributed by atoms with van der Waals surface area (Å²) in [6.07, 6.45) is 0. The molecule has 0 heterocycles. The Morgan fingerprint density at radius 2 is 1.95 bits per heavy atom. The number of aliphatic hydroxyl groups is 1. The van der Waals surface area contributed by atoms with Crippen LogP contribution in [0.1, 0.15) is 5.56 Å². The summed E-state index contributed by atoms with van der Waals surface area (Å²) in [5.41, 5.74) is 2.50. The lowest BCUT2D eigenvalue weighted by atomic mass is 10.0. The molecule has 0 aliphatic heterocycles. The van der Waals surface area contributed by atoms with E-state index in [-0.39, 0.29) is 6.61 Å². The molecule has 0 radical (unpaired) electrons. The zero-order valence-electron chi connectivity index (χ0n) is 10.9. The monoisotopic (exact) mass is 350 g/mol. The van der Waals surface area contributed by atoms with Crippen molar-refractivity contribution in [2.75, 3.05) is 28.6 Å². The average molecular weight is 351 g/mol. The van der Waals surface area contributed by atoms with Crippen LogP contribution in [0.4, 0.5) is 5.69 Å². The first-order valence-corrected chi connectivity index (χ1v) is 8.50. The Bertz CT molecular complexity index is 627. The van der Waals surface area contributed by atoms with Gasteiger partial charge in [0, 0.05) is 22.2 Å². The minimum absolute atomic E-state index is 0.189. The number of hydrogen-bond acceptors (Lipinski definition) is 4. The van der Waals surface area contributed by atoms with Crippen molar-refractivity contribution >= 4 is 44.2 Å². The molecule has 3 nitrogen and oxygen atoms in total. The van der Waals surface area contributed by atoms with Gasteiger partial charge in [0.15, 0.2) is 0 Å². The third-order valence-electron chi connectivity index (χ3n) is 2.99. The maximum atomic E-state index is 9.19. The molecule has 0 aliphatic rings. The zero-order chi connectivity index (χ0) is 14.4. The lowest BCUT2D eigenvalue weighted by Crippen LogP contribution is -2.21. The number of nitriles is 1. The van der Waals surface area contributed by atoms with E-state index in [9.17, 15) is 5.26 Å². The summed E-state index contributed by atoms with van der Waals surface area (Å²) in [4.78, 5) is 2.18. The number of thioether (sulfide) groups is 1. The highest BCUT2D eigenvalue weighted by atomic mass is 79.9. The van der Waals surface area contributed by atoms with Crippen molar-refractivity contribution in [1.29, 1.82) is 5.26 Å². The van der Waals surface area contributed by atoms with E-state index < -0.39 is 0 Å². The molecule has 0 aromatic heterocycles. The number of alkyl halides is 1. The summed E-state index contributed by atoms with van der Waals surface area (Å²) in [7, 11) is 0. The van der Waals surface area contributed by atoms with Gasteiger partial charge in [-0.15, -0.1) is 11.8 Å². The van der Waals surface area contributed by atoms with E-state index in [1.807, 2.05) is 36.4 Å². The van der Waals surface area contributed by atoms with Crippen LogP contribution in [0.3, 0.4) is 0 Å². The second-order valence-electron chi connectivity index (χ2n) is 4.21. The number of hydrogen-bond donors (Lipinski definition) is 1. The molecule has 0 fully saturated rings. The number of halogens is 1. The van der Waals surface area contributed by atoms with Gasteiger partial charge in [-0.3, -0.25) is 0 Å². The van der Waals surface area contributed by atoms with Crippen LogP contribution < -0.4 is 4.90 Å². The van der Waals surface area contributed by atoms with Crippen LogP contribution in [0.5, 0.6) is 0 Å². The van der Waals surface area contributed by atoms with Crippen molar-refractivity contribution in [2.24, 2.45) is 0 Å². The van der Waals surface area contributed by atoms with Gasteiger partial charge in [0.2, 0.25) is 0 Å². The Balaban J connectivity index is 2.41. The second kappa shape index (κ2) is 7.53. The van der Waals surface area contributed by atoms with Crippen LogP contribution in [0.2, 0.25) is 0 Å². The fourth-order valence-corrected chi connectivity index (χ4v) is 3.46. The molecular formula is C15H15BrN2OS. The molecule has 0 unspecified atom stereocenters. The Morgan fingerprint density at radius 3 is 2.60 bits per heavy atom. The normalized spacial score (nSPS) is 10.4. The zero-order valence-corrected chi connectivity index (χ0v) is 13.3. The number of benzene rings is 2. The largest absolute Gasteiger partial charge is 0.396 e. The van der Waals surface area contributed by atoms with Gasteiger partial charge >= 0.3 is 0 Å². The minimum atomic E-state index is 0.189. The molecular weight excluding hydrogens is 336 g/mol. The molecule has 0 atom stereocenters. The summed E-state index contributed by atoms with van der Waals surface area (Å²) >= 11 is 5.19. The van der Waals surface area contributed by atoms with E-state index in [1.165, 1.54) is 0 Å². The summed E-state index contributed by atoms with van der Waals surface area (Å²) in [5.74, 6) is 1.51. The summed E-state index contributed by atoms with van der Waals surface area (Å²) in [6.45, 7) is 0.189. The van der Waals surface area contributed by atoms with Gasteiger partial charge in [-0.1, -0.05) is 40.2 Å². The third-order valence-corrected chi connectivity index (χ3v) is 4.56. The quantitative estimate of drug-likeness (QED) is 0.374. The van der Waals surface area contributed by atoms with Crippen molar-refractivity contribution in [3.63, 3.8) is 0 Å². The Labute approximate surface area is 131 Å². The van der Waals surface area contributed by atoms with Crippen LogP contribution in [-0.2, 0) is 0 Å². The fourth-order valence-electron chi connectivity index (χ4n) is 2.06. The molecule has 104 valence electrons. The number of aliphatic hydroxyl groups excluding tert-OH is 1. The first-order valence-electron chi connectivity index (χ1n) is 6.23. The van der Waals surface area contributed by atoms with E-state index in [1.54, 1.807) is 11.8 Å². The maximum absolute atomic E-state index is 9.19. The molecule has 0 saturated carbocycles. The molecule has 5 heteroatoms. The molecule has 20 heavy (non-hydrogen) atoms. The summed E-state index contributed by atoms with van der Waals surface area (Å²) < 4.78 is 0. The van der Waals surface area contributed by atoms with E-state index >= 15 is 0 Å². The van der Waals surface area contributed by atoms with Crippen molar-refractivity contribution in [2.45, 2.75) is 0 Å². The third kappa shape index (κ3) is 3.26. The first-order chi connectivity index (χ1) is 9.81. The van der Waals surface area contributed by atoms with E-state index in [0.29, 0.717) is 11.0 Å². The second-order valence-corrected chi connectivity index (χ2v) is 5.79. The predicted molar refractivity (Wildman–Crippen MR) is 89.3 cm³/mol. The smallest absolute Gasteiger partial charge is 0.0998 e. The first kappa shape index (κ1) is 15.2. The van der Waals surface area contributed by atoms with Crippen molar-refractivity contribution in [3.8, 4) is 6.07 Å². The minimum Gasteiger partial charge on any atom is -0.396 e. The summed E-state index contributed by atoms with van der Waals surface area (Å²) in [6, 6.07) is 14.0. The van der Waals surface area contributed by atoms with E-state index in [2.05, 4.69) is 26.9 Å². The molecule has 2 aromatic rings. The van der Waals surface area contributed by atoms with Crippen molar-refractivity contribution in [1.82, 2.24) is 0 Å². The van der Waals surface area contributed by atoms with Crippen LogP contribution in [0.15, 0.2) is 36.4 Å². The van der Waals surface area contributed by atoms with E-state index in [4.69, 9.17) is 5.11 Å². The van der Waals surface area contributed by atoms with Gasteiger partial charge in [0.05, 0.1) is 29.6 Å². The molecule has 0 aliphatic carbocycles. The highest BCUT2D eigenvalue weighted by Gasteiger charge is 2.11. The van der Waals surface area contributed by atoms with Gasteiger partial charge in [-0.05, 0) is 12.1 Å². The molecule has 0 saturated heterocycles. The van der Waals surface area contributed by atoms with Crippen molar-refractivity contribution < 1.29 is 5.11 Å². The number of nitrogens with zero attached hydrogens (tertiary/aromatic N) is 2. The number of fused-ring (bicyclic) bond motifs is 1. The molecule has 0 bridgehead atoms. The maximum Gasteiger partial charge on any atom is 0.0998 e. The van der Waals surface area contributed by atoms with Crippen LogP contribution in [0.25, 0.3) is 10.8 Å². The molecule has 0 spiro atoms. The molecule has 0 amide bonds. The fraction of sp³-hybridized carbons (Fsp3) is 0.267. The molecule has 1 N–H and O–H groups in total. The Morgan fingerprint density at radius 1 is 1.20 bits per heavy atom. The summed E-state index contributed by atoms with van der Waals surface area (Å²) in [5, 5.41) is 20.1. The predicted octanol–water partition coefficient (Wildman–Crippen LogP) is 3.55. The Hall–Kier alpha value is -1.22. The van der Waals surface area contributed by atoms with Crippen molar-refractivity contribution in [3.05, 3.63) is 42.0 Å². The highest BCUT2D eigenvalue weighted by Crippen LogP contribution is 2.30. The van der Waals surface area contributed by atoms with Gasteiger partial charge in [0.1, 0.15) is 0 Å². The molecule has 2 aromatic carbocycles. The average Bonchev–Trinajstić information content (AvgIpc) is 2.51. The lowest BCUT2D eigenvalue weighted by molar-refractivity contribution is 0.322. The van der Waals surface area contributed by atoms with Crippen LogP contribution >= 0.6 is 27.7 Å². The number of anilines is 1. The van der Waals surface area contributed by atoms with Gasteiger partial charge in [-0.2, -0.15) is 5.26 Å². The van der Waals surface area contributed by atoms with Gasteiger partial charge in [-0.25, -0.2) is 0 Å². The van der Waals surface area contributed by atoms with Gasteiger partial charge < -0.3 is 10.0 Å². The SMILES string of the molecule is N#Cc1ccc(N(CBr)CSCCO)c2ccccc12. The number of rotatable bonds is 6. The van der Waals surface area contributed by atoms with Gasteiger partial charge in [0.25, 0.3) is 0 Å². The topological polar surface area (TPSA) is 47.3 Å². The van der Waals surface area contributed by atoms with Crippen LogP contribution in [0, 0.1) is 11.3 Å². The molecule has 2 rings (SSSR count). The standard InChI is InChI=1S/C15H15BrN2OS/c16-10-18(11-20-8-7-19)15-6-5-12(9-17)13-3-1-2-4-14(13)15/h1-6,19H,7-8,10-11H2. The highest BCUT2D eigenvalue weighted by molar-refractivity contribution is 9.09. The Kier molecular flexibility index (Phi) is 5.72. The van der Waals surface area contributed by atoms with Crippen LogP contribution in [-0.4, -0.2) is 28.8 Å².